The van der Waals surface area contributed by atoms with Crippen molar-refractivity contribution in [2.45, 2.75) is 11.7 Å². The van der Waals surface area contributed by atoms with E-state index in [1.165, 1.54) is 16.7 Å². The number of nitrogens with zero attached hydrogens (tertiary/aromatic N) is 1. The van der Waals surface area contributed by atoms with Gasteiger partial charge in [0.25, 0.3) is 0 Å². The van der Waals surface area contributed by atoms with Crippen molar-refractivity contribution in [3.63, 3.8) is 0 Å². The predicted molar refractivity (Wildman–Crippen MR) is 55.8 cm³/mol. The molecule has 2 aliphatic heterocycles. The maximum Gasteiger partial charge on any atom is 0.325 e. The molecule has 0 aliphatic carbocycles. The van der Waals surface area contributed by atoms with Crippen LogP contribution in [0.1, 0.15) is 0 Å². The fourth-order valence-corrected chi connectivity index (χ4v) is 2.45. The van der Waals surface area contributed by atoms with E-state index in [4.69, 9.17) is 15.6 Å². The highest BCUT2D eigenvalue weighted by Gasteiger charge is 2.36. The van der Waals surface area contributed by atoms with Crippen LogP contribution in [0.15, 0.2) is 11.6 Å². The second-order valence-corrected chi connectivity index (χ2v) is 4.61. The van der Waals surface area contributed by atoms with Crippen molar-refractivity contribution in [2.24, 2.45) is 5.73 Å². The molecule has 90 valence electrons. The van der Waals surface area contributed by atoms with E-state index >= 15 is 0 Å². The molecule has 2 atom stereocenters. The topological polar surface area (TPSA) is 87.8 Å². The van der Waals surface area contributed by atoms with Crippen LogP contribution in [0.25, 0.3) is 0 Å². The number of ether oxygens (including phenoxy) is 1. The number of aliphatic hydroxyl groups excluding tert-OH is 1. The summed E-state index contributed by atoms with van der Waals surface area (Å²) in [6.45, 7) is -0.321. The highest BCUT2D eigenvalue weighted by Crippen LogP contribution is 2.28. The van der Waals surface area contributed by atoms with Crippen LogP contribution in [0.5, 0.6) is 0 Å². The van der Waals surface area contributed by atoms with Gasteiger partial charge in [-0.05, 0) is 0 Å². The monoisotopic (exact) mass is 249 g/mol. The molecule has 0 spiro atoms. The minimum Gasteiger partial charge on any atom is -0.393 e. The van der Waals surface area contributed by atoms with Crippen LogP contribution in [0, 0.1) is 0 Å². The van der Waals surface area contributed by atoms with Gasteiger partial charge >= 0.3 is 6.03 Å². The van der Waals surface area contributed by atoms with E-state index < -0.39 is 18.1 Å². The molecule has 0 saturated carbocycles. The van der Waals surface area contributed by atoms with Crippen LogP contribution in [0.3, 0.4) is 0 Å². The smallest absolute Gasteiger partial charge is 0.325 e. The largest absolute Gasteiger partial charge is 0.393 e. The Balaban J connectivity index is 2.03. The average molecular weight is 249 g/mol. The van der Waals surface area contributed by atoms with Gasteiger partial charge in [0.1, 0.15) is 17.5 Å². The number of amides is 2. The molecule has 0 aromatic rings. The number of thioether (sulfide) groups is 1. The SMILES string of the molecule is NC1=C(F)CN([C@H]2CS[C@H](CO)O2)C(=O)N1. The van der Waals surface area contributed by atoms with E-state index in [9.17, 15) is 9.18 Å². The molecular weight excluding hydrogens is 237 g/mol. The first-order valence-corrected chi connectivity index (χ1v) is 5.76. The third-order valence-corrected chi connectivity index (χ3v) is 3.44. The summed E-state index contributed by atoms with van der Waals surface area (Å²) in [4.78, 5) is 12.7. The first-order valence-electron chi connectivity index (χ1n) is 4.71. The Labute approximate surface area is 95.6 Å². The predicted octanol–water partition coefficient (Wildman–Crippen LogP) is -0.483. The third-order valence-electron chi connectivity index (χ3n) is 2.33. The molecule has 0 aromatic heterocycles. The number of carbonyl (C=O) groups excluding carboxylic acids is 1. The fraction of sp³-hybridized carbons (Fsp3) is 0.625. The van der Waals surface area contributed by atoms with E-state index in [2.05, 4.69) is 5.32 Å². The number of aliphatic hydroxyl groups is 1. The molecule has 0 unspecified atom stereocenters. The number of nitrogens with one attached hydrogen (secondary N) is 1. The maximum absolute atomic E-state index is 13.2. The van der Waals surface area contributed by atoms with E-state index in [1.807, 2.05) is 0 Å². The second-order valence-electron chi connectivity index (χ2n) is 3.41. The average Bonchev–Trinajstić information content (AvgIpc) is 2.71. The summed E-state index contributed by atoms with van der Waals surface area (Å²) >= 11 is 1.38. The molecule has 2 amide bonds. The quantitative estimate of drug-likeness (QED) is 0.615. The lowest BCUT2D eigenvalue weighted by molar-refractivity contribution is -0.0365. The lowest BCUT2D eigenvalue weighted by Gasteiger charge is -2.31. The standard InChI is InChI=1S/C8H12FN3O3S/c9-4-1-12(8(14)11-7(4)10)5-3-16-6(2-13)15-5/h5-6,13H,1-3,10H2,(H,11,14)/t5-,6-/m1/s1. The number of hydrogen-bond donors (Lipinski definition) is 3. The molecule has 6 nitrogen and oxygen atoms in total. The zero-order valence-corrected chi connectivity index (χ0v) is 9.17. The molecule has 0 aromatic carbocycles. The van der Waals surface area contributed by atoms with Crippen LogP contribution < -0.4 is 11.1 Å². The van der Waals surface area contributed by atoms with Crippen molar-refractivity contribution in [3.05, 3.63) is 11.6 Å². The number of nitrogens with two attached hydrogens (primary N) is 1. The Kier molecular flexibility index (Phi) is 3.22. The van der Waals surface area contributed by atoms with E-state index in [-0.39, 0.29) is 24.4 Å². The molecule has 4 N–H and O–H groups in total. The van der Waals surface area contributed by atoms with Gasteiger partial charge in [0.05, 0.1) is 13.2 Å². The Morgan fingerprint density at radius 1 is 1.75 bits per heavy atom. The summed E-state index contributed by atoms with van der Waals surface area (Å²) in [5.41, 5.74) is 4.89. The molecule has 1 saturated heterocycles. The minimum atomic E-state index is -0.583. The number of rotatable bonds is 2. The molecule has 2 aliphatic rings. The zero-order valence-electron chi connectivity index (χ0n) is 8.35. The van der Waals surface area contributed by atoms with Crippen molar-refractivity contribution in [1.29, 1.82) is 0 Å². The zero-order chi connectivity index (χ0) is 11.7. The van der Waals surface area contributed by atoms with Gasteiger partial charge in [-0.25, -0.2) is 9.18 Å². The van der Waals surface area contributed by atoms with Gasteiger partial charge in [-0.1, -0.05) is 0 Å². The molecule has 8 heteroatoms. The Morgan fingerprint density at radius 3 is 3.12 bits per heavy atom. The molecule has 0 bridgehead atoms. The van der Waals surface area contributed by atoms with Crippen molar-refractivity contribution in [2.75, 3.05) is 18.9 Å². The third kappa shape index (κ3) is 2.08. The minimum absolute atomic E-state index is 0.128. The maximum atomic E-state index is 13.2. The van der Waals surface area contributed by atoms with Crippen LogP contribution in [0.4, 0.5) is 9.18 Å². The number of carbonyl (C=O) groups is 1. The summed E-state index contributed by atoms with van der Waals surface area (Å²) in [5.74, 6) is -0.322. The van der Waals surface area contributed by atoms with E-state index in [0.717, 1.165) is 0 Å². The van der Waals surface area contributed by atoms with Gasteiger partial charge in [0, 0.05) is 5.75 Å². The molecular formula is C8H12FN3O3S. The second kappa shape index (κ2) is 4.48. The van der Waals surface area contributed by atoms with E-state index in [1.54, 1.807) is 0 Å². The van der Waals surface area contributed by atoms with Crippen molar-refractivity contribution in [3.8, 4) is 0 Å². The summed E-state index contributed by atoms with van der Waals surface area (Å²) in [6.07, 6.45) is -0.527. The molecule has 2 heterocycles. The van der Waals surface area contributed by atoms with E-state index in [0.29, 0.717) is 5.75 Å². The van der Waals surface area contributed by atoms with Gasteiger partial charge < -0.3 is 15.6 Å². The van der Waals surface area contributed by atoms with Crippen LogP contribution in [0.2, 0.25) is 0 Å². The number of urea groups is 1. The van der Waals surface area contributed by atoms with Gasteiger partial charge in [-0.15, -0.1) is 11.8 Å². The number of hydrogen-bond acceptors (Lipinski definition) is 5. The van der Waals surface area contributed by atoms with Crippen molar-refractivity contribution < 1.29 is 19.0 Å². The normalized spacial score (nSPS) is 30.9. The first-order chi connectivity index (χ1) is 7.61. The Bertz CT molecular complexity index is 338. The van der Waals surface area contributed by atoms with Gasteiger partial charge in [0.2, 0.25) is 0 Å². The molecule has 0 radical (unpaired) electrons. The van der Waals surface area contributed by atoms with Crippen molar-refractivity contribution >= 4 is 17.8 Å². The van der Waals surface area contributed by atoms with Gasteiger partial charge in [-0.2, -0.15) is 0 Å². The molecule has 1 fully saturated rings. The Hall–Kier alpha value is -0.990. The highest BCUT2D eigenvalue weighted by molar-refractivity contribution is 8.00. The van der Waals surface area contributed by atoms with Crippen LogP contribution in [-0.2, 0) is 4.74 Å². The van der Waals surface area contributed by atoms with Crippen LogP contribution in [-0.4, -0.2) is 46.6 Å². The fourth-order valence-electron chi connectivity index (χ4n) is 1.50. The summed E-state index contributed by atoms with van der Waals surface area (Å²) < 4.78 is 18.6. The highest BCUT2D eigenvalue weighted by atomic mass is 32.2. The van der Waals surface area contributed by atoms with Gasteiger partial charge in [-0.3, -0.25) is 10.2 Å². The lowest BCUT2D eigenvalue weighted by atomic mass is 10.3. The van der Waals surface area contributed by atoms with Gasteiger partial charge in [0.15, 0.2) is 5.83 Å². The summed E-state index contributed by atoms with van der Waals surface area (Å²) in [5, 5.41) is 11.1. The Morgan fingerprint density at radius 2 is 2.50 bits per heavy atom. The number of halogens is 1. The summed E-state index contributed by atoms with van der Waals surface area (Å²) in [6, 6.07) is -0.483. The summed E-state index contributed by atoms with van der Waals surface area (Å²) in [7, 11) is 0. The molecule has 16 heavy (non-hydrogen) atoms. The van der Waals surface area contributed by atoms with Crippen molar-refractivity contribution in [1.82, 2.24) is 10.2 Å². The molecule has 2 rings (SSSR count). The van der Waals surface area contributed by atoms with Crippen LogP contribution >= 0.6 is 11.8 Å². The lowest BCUT2D eigenvalue weighted by Crippen LogP contribution is -2.52. The first kappa shape index (κ1) is 11.5.